The van der Waals surface area contributed by atoms with Gasteiger partial charge in [-0.25, -0.2) is 19.2 Å². The summed E-state index contributed by atoms with van der Waals surface area (Å²) in [5, 5.41) is 0. The van der Waals surface area contributed by atoms with Gasteiger partial charge in [0.25, 0.3) is 5.70 Å². The van der Waals surface area contributed by atoms with Gasteiger partial charge in [0, 0.05) is 6.08 Å². The molecular weight excluding hydrogens is 606 g/mol. The van der Waals surface area contributed by atoms with Crippen LogP contribution in [-0.4, -0.2) is 37.3 Å². The Labute approximate surface area is 261 Å². The lowest BCUT2D eigenvalue weighted by atomic mass is 10.1. The van der Waals surface area contributed by atoms with E-state index in [2.05, 4.69) is 11.4 Å². The molecule has 0 fully saturated rings. The largest absolute Gasteiger partial charge is 0.471 e. The van der Waals surface area contributed by atoms with E-state index in [4.69, 9.17) is 30.3 Å². The van der Waals surface area contributed by atoms with E-state index in [0.717, 1.165) is 41.6 Å². The van der Waals surface area contributed by atoms with Gasteiger partial charge in [-0.1, -0.05) is 49.2 Å². The molecule has 0 aromatic heterocycles. The molecule has 0 bridgehead atoms. The fourth-order valence-corrected chi connectivity index (χ4v) is 6.20. The number of nitrogens with zero attached hydrogens (tertiary/aromatic N) is 1. The summed E-state index contributed by atoms with van der Waals surface area (Å²) in [6, 6.07) is 15.9. The molecule has 1 heterocycles. The molecule has 1 aliphatic heterocycles. The minimum Gasteiger partial charge on any atom is -0.471 e. The second-order valence-electron chi connectivity index (χ2n) is 8.68. The Morgan fingerprint density at radius 3 is 1.84 bits per heavy atom. The van der Waals surface area contributed by atoms with Gasteiger partial charge in [0.05, 0.1) is 38.3 Å². The van der Waals surface area contributed by atoms with E-state index in [1.807, 2.05) is 19.1 Å². The molecule has 0 saturated heterocycles. The molecule has 0 spiro atoms. The number of hydrogen-bond donors (Lipinski definition) is 0. The number of fused-ring (bicyclic) bond motifs is 1. The first-order valence-electron chi connectivity index (χ1n) is 13.1. The number of hydrogen-bond acceptors (Lipinski definition) is 11. The average Bonchev–Trinajstić information content (AvgIpc) is 3.48. The first-order chi connectivity index (χ1) is 21.3. The number of thioether (sulfide) groups is 2. The monoisotopic (exact) mass is 631 g/mol. The summed E-state index contributed by atoms with van der Waals surface area (Å²) in [7, 11) is 0. The number of carbonyl (C=O) groups is 4. The summed E-state index contributed by atoms with van der Waals surface area (Å²) in [6.07, 6.45) is 1.83. The molecule has 0 N–H and O–H groups in total. The summed E-state index contributed by atoms with van der Waals surface area (Å²) in [4.78, 5) is 53.8. The highest BCUT2D eigenvalue weighted by Gasteiger charge is 2.32. The predicted molar refractivity (Wildman–Crippen MR) is 162 cm³/mol. The molecule has 3 aromatic carbocycles. The highest BCUT2D eigenvalue weighted by Crippen LogP contribution is 2.59. The van der Waals surface area contributed by atoms with Crippen molar-refractivity contribution in [2.45, 2.75) is 30.1 Å². The maximum absolute atomic E-state index is 13.1. The topological polar surface area (TPSA) is 119 Å². The molecule has 4 rings (SSSR count). The molecule has 12 heteroatoms. The van der Waals surface area contributed by atoms with Gasteiger partial charge in [-0.2, -0.15) is 0 Å². The molecule has 1 aliphatic rings. The van der Waals surface area contributed by atoms with Crippen molar-refractivity contribution in [1.29, 1.82) is 0 Å². The number of ether oxygens (including phenoxy) is 5. The molecule has 0 radical (unpaired) electrons. The Bertz CT molecular complexity index is 1670. The van der Waals surface area contributed by atoms with E-state index in [-0.39, 0.29) is 36.2 Å². The number of aryl methyl sites for hydroxylation is 1. The second-order valence-corrected chi connectivity index (χ2v) is 11.0. The first kappa shape index (κ1) is 31.9. The third-order valence-corrected chi connectivity index (χ3v) is 8.50. The zero-order chi connectivity index (χ0) is 31.6. The summed E-state index contributed by atoms with van der Waals surface area (Å²) in [5.74, 6) is -2.07. The zero-order valence-electron chi connectivity index (χ0n) is 23.6. The van der Waals surface area contributed by atoms with Gasteiger partial charge in [0.1, 0.15) is 17.2 Å². The van der Waals surface area contributed by atoms with Crippen LogP contribution in [0.25, 0.3) is 4.85 Å². The van der Waals surface area contributed by atoms with Crippen LogP contribution in [0.5, 0.6) is 17.2 Å². The number of rotatable bonds is 11. The average molecular weight is 632 g/mol. The summed E-state index contributed by atoms with van der Waals surface area (Å²) < 4.78 is 26.8. The van der Waals surface area contributed by atoms with E-state index in [1.165, 1.54) is 36.4 Å². The van der Waals surface area contributed by atoms with E-state index in [9.17, 15) is 19.2 Å². The minimum absolute atomic E-state index is 0.0831. The van der Waals surface area contributed by atoms with Crippen molar-refractivity contribution in [2.75, 3.05) is 13.4 Å². The van der Waals surface area contributed by atoms with Crippen molar-refractivity contribution < 1.29 is 42.9 Å². The smallest absolute Gasteiger partial charge is 0.343 e. The van der Waals surface area contributed by atoms with E-state index < -0.39 is 23.9 Å². The van der Waals surface area contributed by atoms with Crippen molar-refractivity contribution in [3.8, 4) is 17.2 Å². The predicted octanol–water partition coefficient (Wildman–Crippen LogP) is 6.60. The van der Waals surface area contributed by atoms with Crippen LogP contribution < -0.4 is 14.2 Å². The highest BCUT2D eigenvalue weighted by atomic mass is 32.2. The lowest BCUT2D eigenvalue weighted by Gasteiger charge is -2.12. The molecule has 0 amide bonds. The summed E-state index contributed by atoms with van der Waals surface area (Å²) in [5.41, 5.74) is 1.37. The lowest BCUT2D eigenvalue weighted by Crippen LogP contribution is -2.11. The van der Waals surface area contributed by atoms with Crippen LogP contribution in [0.2, 0.25) is 0 Å². The fourth-order valence-electron chi connectivity index (χ4n) is 3.65. The van der Waals surface area contributed by atoms with Gasteiger partial charge < -0.3 is 23.7 Å². The van der Waals surface area contributed by atoms with Crippen molar-refractivity contribution >= 4 is 47.4 Å². The third-order valence-electron chi connectivity index (χ3n) is 5.89. The van der Waals surface area contributed by atoms with Gasteiger partial charge in [-0.05, 0) is 67.4 Å². The van der Waals surface area contributed by atoms with Gasteiger partial charge in [-0.15, -0.1) is 0 Å². The van der Waals surface area contributed by atoms with Crippen LogP contribution in [0, 0.1) is 6.57 Å². The van der Waals surface area contributed by atoms with Gasteiger partial charge in [0.15, 0.2) is 0 Å². The van der Waals surface area contributed by atoms with Crippen LogP contribution in [0.4, 0.5) is 0 Å². The van der Waals surface area contributed by atoms with Crippen molar-refractivity contribution in [2.24, 2.45) is 0 Å². The van der Waals surface area contributed by atoms with Crippen LogP contribution >= 0.6 is 23.5 Å². The number of esters is 4. The highest BCUT2D eigenvalue weighted by molar-refractivity contribution is 8.24. The van der Waals surface area contributed by atoms with Gasteiger partial charge in [-0.3, -0.25) is 4.79 Å². The fraction of sp³-hybridized carbons (Fsp3) is 0.156. The third kappa shape index (κ3) is 7.69. The SMILES string of the molecule is [C-]#[N+]/C(C(=O)OCC)=C1/Sc2c(OC(=O)c3ccc(CC)cc3)ccc(OC(=O)c3ccc(OCOC(=O)C=C)cc3)c2S1. The standard InChI is InChI=1S/C32H25NO9S2/c1-5-19-8-10-20(11-9-19)29(35)41-23-16-17-24(28-27(23)43-32(44-28)26(33-4)31(37)38-7-3)42-30(36)21-12-14-22(15-13-21)39-18-40-25(34)6-2/h6,8-17H,2,5,7,18H2,1,3H3/b32-26-. The van der Waals surface area contributed by atoms with Gasteiger partial charge >= 0.3 is 23.9 Å². The summed E-state index contributed by atoms with van der Waals surface area (Å²) >= 11 is 2.08. The molecule has 0 aliphatic carbocycles. The number of benzene rings is 3. The van der Waals surface area contributed by atoms with Crippen LogP contribution in [0.15, 0.2) is 93.0 Å². The maximum atomic E-state index is 13.1. The number of carbonyl (C=O) groups excluding carboxylic acids is 4. The molecule has 3 aromatic rings. The zero-order valence-corrected chi connectivity index (χ0v) is 25.3. The maximum Gasteiger partial charge on any atom is 0.343 e. The van der Waals surface area contributed by atoms with Gasteiger partial charge in [0.2, 0.25) is 6.79 Å². The molecule has 0 saturated carbocycles. The molecule has 10 nitrogen and oxygen atoms in total. The lowest BCUT2D eigenvalue weighted by molar-refractivity contribution is -0.144. The van der Waals surface area contributed by atoms with E-state index in [0.29, 0.717) is 25.3 Å². The molecule has 44 heavy (non-hydrogen) atoms. The Hall–Kier alpha value is -4.99. The Morgan fingerprint density at radius 2 is 1.36 bits per heavy atom. The van der Waals surface area contributed by atoms with Crippen LogP contribution in [-0.2, 0) is 25.5 Å². The normalized spacial score (nSPS) is 12.7. The Kier molecular flexibility index (Phi) is 10.9. The van der Waals surface area contributed by atoms with Crippen LogP contribution in [0.1, 0.15) is 40.1 Å². The second kappa shape index (κ2) is 15.0. The molecular formula is C32H25NO9S2. The molecule has 224 valence electrons. The molecule has 0 unspecified atom stereocenters. The summed E-state index contributed by atoms with van der Waals surface area (Å²) in [6.45, 7) is 14.2. The quantitative estimate of drug-likeness (QED) is 0.0748. The van der Waals surface area contributed by atoms with Crippen LogP contribution in [0.3, 0.4) is 0 Å². The molecule has 0 atom stereocenters. The van der Waals surface area contributed by atoms with E-state index in [1.54, 1.807) is 19.1 Å². The van der Waals surface area contributed by atoms with Crippen molar-refractivity contribution in [3.05, 3.63) is 111 Å². The van der Waals surface area contributed by atoms with Crippen molar-refractivity contribution in [1.82, 2.24) is 0 Å². The minimum atomic E-state index is -0.792. The van der Waals surface area contributed by atoms with Crippen molar-refractivity contribution in [3.63, 3.8) is 0 Å². The van der Waals surface area contributed by atoms with E-state index >= 15 is 0 Å². The Balaban J connectivity index is 1.60. The Morgan fingerprint density at radius 1 is 0.818 bits per heavy atom. The first-order valence-corrected chi connectivity index (χ1v) is 14.8.